The summed E-state index contributed by atoms with van der Waals surface area (Å²) in [7, 11) is 1.35. The number of pyridine rings is 1. The number of carbonyl (C=O) groups excluding carboxylic acids is 1. The molecule has 1 aromatic carbocycles. The molecule has 0 aliphatic carbocycles. The Morgan fingerprint density at radius 1 is 1.35 bits per heavy atom. The Labute approximate surface area is 154 Å². The lowest BCUT2D eigenvalue weighted by Crippen LogP contribution is -2.14. The standard InChI is InChI=1S/C18H17N5O2S/c1-10-7-13(11-3-4-15-12(8-11)5-6-21-15)14(9-22-10)16(24)23-17(19)26-18(20)25-2/h3-9,20-21H,1-2H3,(H2,19,23,24). The fraction of sp³-hybridized carbons (Fsp3) is 0.111. The van der Waals surface area contributed by atoms with E-state index in [2.05, 4.69) is 15.0 Å². The number of hydrogen-bond donors (Lipinski definition) is 3. The molecule has 8 heteroatoms. The summed E-state index contributed by atoms with van der Waals surface area (Å²) in [5, 5.41) is 8.28. The van der Waals surface area contributed by atoms with Crippen LogP contribution in [0, 0.1) is 12.3 Å². The molecule has 132 valence electrons. The number of aromatic amines is 1. The van der Waals surface area contributed by atoms with Gasteiger partial charge in [-0.1, -0.05) is 6.07 Å². The SMILES string of the molecule is COC(=N)SC(N)=NC(=O)c1cnc(C)cc1-c1ccc2[nH]ccc2c1. The molecule has 26 heavy (non-hydrogen) atoms. The summed E-state index contributed by atoms with van der Waals surface area (Å²) in [6.45, 7) is 1.86. The van der Waals surface area contributed by atoms with Gasteiger partial charge in [-0.15, -0.1) is 0 Å². The van der Waals surface area contributed by atoms with E-state index >= 15 is 0 Å². The second-order valence-electron chi connectivity index (χ2n) is 5.50. The molecule has 0 aliphatic rings. The number of rotatable bonds is 2. The van der Waals surface area contributed by atoms with E-state index in [1.165, 1.54) is 13.3 Å². The van der Waals surface area contributed by atoms with Crippen molar-refractivity contribution in [3.63, 3.8) is 0 Å². The van der Waals surface area contributed by atoms with Gasteiger partial charge in [0.25, 0.3) is 11.1 Å². The second-order valence-corrected chi connectivity index (χ2v) is 6.49. The lowest BCUT2D eigenvalue weighted by Gasteiger charge is -2.09. The first-order valence-corrected chi connectivity index (χ1v) is 8.52. The monoisotopic (exact) mass is 367 g/mol. The van der Waals surface area contributed by atoms with Gasteiger partial charge in [0.05, 0.1) is 12.7 Å². The van der Waals surface area contributed by atoms with E-state index in [4.69, 9.17) is 15.9 Å². The third-order valence-electron chi connectivity index (χ3n) is 3.73. The zero-order chi connectivity index (χ0) is 18.7. The Morgan fingerprint density at radius 3 is 2.92 bits per heavy atom. The number of aryl methyl sites for hydroxylation is 1. The summed E-state index contributed by atoms with van der Waals surface area (Å²) in [5.74, 6) is -0.518. The van der Waals surface area contributed by atoms with Gasteiger partial charge >= 0.3 is 0 Å². The molecule has 0 radical (unpaired) electrons. The van der Waals surface area contributed by atoms with Crippen molar-refractivity contribution in [2.45, 2.75) is 6.92 Å². The Kier molecular flexibility index (Phi) is 5.04. The van der Waals surface area contributed by atoms with Crippen molar-refractivity contribution in [2.24, 2.45) is 10.7 Å². The van der Waals surface area contributed by atoms with E-state index in [9.17, 15) is 4.79 Å². The molecule has 4 N–H and O–H groups in total. The van der Waals surface area contributed by atoms with Crippen LogP contribution in [-0.4, -0.2) is 33.4 Å². The van der Waals surface area contributed by atoms with Crippen LogP contribution in [0.1, 0.15) is 16.1 Å². The molecule has 0 aliphatic heterocycles. The van der Waals surface area contributed by atoms with Crippen LogP contribution < -0.4 is 5.73 Å². The highest BCUT2D eigenvalue weighted by atomic mass is 32.2. The smallest absolute Gasteiger partial charge is 0.281 e. The van der Waals surface area contributed by atoms with Crippen LogP contribution in [0.4, 0.5) is 0 Å². The Balaban J connectivity index is 2.01. The summed E-state index contributed by atoms with van der Waals surface area (Å²) >= 11 is 0.774. The van der Waals surface area contributed by atoms with E-state index in [1.807, 2.05) is 43.5 Å². The van der Waals surface area contributed by atoms with E-state index in [-0.39, 0.29) is 10.4 Å². The lowest BCUT2D eigenvalue weighted by atomic mass is 9.99. The number of amidine groups is 1. The molecule has 0 spiro atoms. The van der Waals surface area contributed by atoms with Crippen molar-refractivity contribution >= 4 is 39.0 Å². The number of hydrogen-bond acceptors (Lipinski definition) is 5. The minimum atomic E-state index is -0.518. The summed E-state index contributed by atoms with van der Waals surface area (Å²) in [6, 6.07) is 9.71. The number of H-pyrrole nitrogens is 1. The Bertz CT molecular complexity index is 1030. The number of benzene rings is 1. The highest BCUT2D eigenvalue weighted by molar-refractivity contribution is 8.26. The minimum Gasteiger partial charge on any atom is -0.476 e. The van der Waals surface area contributed by atoms with Crippen LogP contribution in [0.5, 0.6) is 0 Å². The second kappa shape index (κ2) is 7.40. The molecular weight excluding hydrogens is 350 g/mol. The van der Waals surface area contributed by atoms with Crippen molar-refractivity contribution < 1.29 is 9.53 Å². The lowest BCUT2D eigenvalue weighted by molar-refractivity contribution is 0.100. The van der Waals surface area contributed by atoms with E-state index < -0.39 is 5.91 Å². The van der Waals surface area contributed by atoms with Crippen LogP contribution in [0.3, 0.4) is 0 Å². The van der Waals surface area contributed by atoms with Gasteiger partial charge in [-0.25, -0.2) is 0 Å². The third-order valence-corrected chi connectivity index (χ3v) is 4.38. The number of nitrogens with one attached hydrogen (secondary N) is 2. The van der Waals surface area contributed by atoms with Crippen molar-refractivity contribution in [2.75, 3.05) is 7.11 Å². The molecule has 2 aromatic heterocycles. The first kappa shape index (κ1) is 17.7. The van der Waals surface area contributed by atoms with Gasteiger partial charge in [0, 0.05) is 35.4 Å². The highest BCUT2D eigenvalue weighted by Crippen LogP contribution is 2.28. The van der Waals surface area contributed by atoms with E-state index in [0.29, 0.717) is 5.56 Å². The number of ether oxygens (including phenoxy) is 1. The highest BCUT2D eigenvalue weighted by Gasteiger charge is 2.15. The largest absolute Gasteiger partial charge is 0.476 e. The van der Waals surface area contributed by atoms with E-state index in [1.54, 1.807) is 0 Å². The Morgan fingerprint density at radius 2 is 2.15 bits per heavy atom. The molecule has 7 nitrogen and oxygen atoms in total. The Hall–Kier alpha value is -3.13. The maximum Gasteiger partial charge on any atom is 0.281 e. The first-order valence-electron chi connectivity index (χ1n) is 7.71. The molecule has 0 unspecified atom stereocenters. The van der Waals surface area contributed by atoms with Gasteiger partial charge in [-0.05, 0) is 47.7 Å². The molecular formula is C18H17N5O2S. The van der Waals surface area contributed by atoms with Gasteiger partial charge in [-0.3, -0.25) is 15.2 Å². The number of aliphatic imine (C=N–C) groups is 1. The molecule has 3 rings (SSSR count). The maximum absolute atomic E-state index is 12.6. The van der Waals surface area contributed by atoms with Gasteiger partial charge in [0.1, 0.15) is 0 Å². The molecule has 1 amide bonds. The number of aromatic nitrogens is 2. The summed E-state index contributed by atoms with van der Waals surface area (Å²) in [5.41, 5.74) is 9.48. The number of amides is 1. The predicted molar refractivity (Wildman–Crippen MR) is 105 cm³/mol. The van der Waals surface area contributed by atoms with Crippen LogP contribution in [0.25, 0.3) is 22.0 Å². The van der Waals surface area contributed by atoms with Gasteiger partial charge in [-0.2, -0.15) is 4.99 Å². The maximum atomic E-state index is 12.6. The summed E-state index contributed by atoms with van der Waals surface area (Å²) in [4.78, 5) is 23.8. The fourth-order valence-corrected chi connectivity index (χ4v) is 2.91. The number of nitrogens with two attached hydrogens (primary N) is 1. The van der Waals surface area contributed by atoms with Gasteiger partial charge < -0.3 is 15.5 Å². The number of methoxy groups -OCH3 is 1. The van der Waals surface area contributed by atoms with Gasteiger partial charge in [0.2, 0.25) is 0 Å². The van der Waals surface area contributed by atoms with Crippen molar-refractivity contribution in [1.29, 1.82) is 5.41 Å². The molecule has 3 aromatic rings. The average Bonchev–Trinajstić information content (AvgIpc) is 3.08. The molecule has 2 heterocycles. The van der Waals surface area contributed by atoms with Crippen molar-refractivity contribution in [3.05, 3.63) is 54.0 Å². The number of fused-ring (bicyclic) bond motifs is 1. The molecule has 0 fully saturated rings. The summed E-state index contributed by atoms with van der Waals surface area (Å²) < 4.78 is 4.71. The average molecular weight is 367 g/mol. The minimum absolute atomic E-state index is 0.0607. The normalized spacial score (nSPS) is 11.5. The van der Waals surface area contributed by atoms with Gasteiger partial charge in [0.15, 0.2) is 5.17 Å². The molecule has 0 saturated heterocycles. The zero-order valence-corrected chi connectivity index (χ0v) is 15.1. The van der Waals surface area contributed by atoms with Crippen molar-refractivity contribution in [1.82, 2.24) is 9.97 Å². The summed E-state index contributed by atoms with van der Waals surface area (Å²) in [6.07, 6.45) is 3.36. The van der Waals surface area contributed by atoms with Crippen molar-refractivity contribution in [3.8, 4) is 11.1 Å². The first-order chi connectivity index (χ1) is 12.5. The molecule has 0 bridgehead atoms. The molecule has 0 atom stereocenters. The third kappa shape index (κ3) is 3.75. The number of nitrogens with zero attached hydrogens (tertiary/aromatic N) is 2. The molecule has 0 saturated carbocycles. The zero-order valence-electron chi connectivity index (χ0n) is 14.2. The van der Waals surface area contributed by atoms with Crippen LogP contribution in [0.15, 0.2) is 47.7 Å². The predicted octanol–water partition coefficient (Wildman–Crippen LogP) is 3.31. The number of thioether (sulfide) groups is 1. The van der Waals surface area contributed by atoms with Crippen LogP contribution in [-0.2, 0) is 4.74 Å². The fourth-order valence-electron chi connectivity index (χ4n) is 2.51. The number of carbonyl (C=O) groups is 1. The quantitative estimate of drug-likeness (QED) is 0.474. The topological polar surface area (TPSA) is 117 Å². The van der Waals surface area contributed by atoms with Crippen LogP contribution >= 0.6 is 11.8 Å². The van der Waals surface area contributed by atoms with E-state index in [0.717, 1.165) is 39.5 Å². The van der Waals surface area contributed by atoms with Crippen LogP contribution in [0.2, 0.25) is 0 Å².